The average molecular weight is 264 g/mol. The van der Waals surface area contributed by atoms with Gasteiger partial charge in [-0.3, -0.25) is 0 Å². The highest BCUT2D eigenvalue weighted by Gasteiger charge is 2.14. The first-order valence-corrected chi connectivity index (χ1v) is 4.32. The summed E-state index contributed by atoms with van der Waals surface area (Å²) in [5.41, 5.74) is 1.01. The van der Waals surface area contributed by atoms with E-state index in [0.717, 1.165) is 5.71 Å². The van der Waals surface area contributed by atoms with Gasteiger partial charge < -0.3 is 0 Å². The molecule has 62 valence electrons. The Morgan fingerprint density at radius 1 is 1.45 bits per heavy atom. The van der Waals surface area contributed by atoms with Crippen molar-refractivity contribution in [2.24, 2.45) is 13.6 Å². The molecule has 0 saturated carbocycles. The summed E-state index contributed by atoms with van der Waals surface area (Å²) in [7, 11) is 0. The van der Waals surface area contributed by atoms with Crippen LogP contribution in [0.2, 0.25) is 0 Å². The smallest absolute Gasteiger partial charge is 0.122 e. The van der Waals surface area contributed by atoms with E-state index < -0.39 is 0 Å². The quantitative estimate of drug-likeness (QED) is 0.416. The number of aliphatic imine (C=N–C) groups is 1. The zero-order valence-electron chi connectivity index (χ0n) is 7.13. The lowest BCUT2D eigenvalue weighted by Gasteiger charge is -2.17. The van der Waals surface area contributed by atoms with E-state index in [2.05, 4.69) is 35.5 Å². The molecule has 0 unspecified atom stereocenters. The van der Waals surface area contributed by atoms with Crippen LogP contribution in [-0.2, 0) is 0 Å². The van der Waals surface area contributed by atoms with E-state index in [0.29, 0.717) is 0 Å². The van der Waals surface area contributed by atoms with Gasteiger partial charge in [0, 0.05) is 11.1 Å². The van der Waals surface area contributed by atoms with Crippen LogP contribution in [0, 0.1) is 5.41 Å². The Labute approximate surface area is 82.0 Å². The van der Waals surface area contributed by atoms with Gasteiger partial charge in [-0.05, 0) is 6.08 Å². The van der Waals surface area contributed by atoms with Crippen molar-refractivity contribution in [3.63, 3.8) is 0 Å². The second kappa shape index (κ2) is 4.64. The van der Waals surface area contributed by atoms with Crippen molar-refractivity contribution in [2.45, 2.75) is 20.8 Å². The third kappa shape index (κ3) is 4.29. The molecule has 0 N–H and O–H groups in total. The van der Waals surface area contributed by atoms with Gasteiger partial charge in [0.1, 0.15) is 6.34 Å². The van der Waals surface area contributed by atoms with E-state index in [1.54, 1.807) is 6.08 Å². The van der Waals surface area contributed by atoms with Gasteiger partial charge in [0.15, 0.2) is 0 Å². The van der Waals surface area contributed by atoms with Crippen molar-refractivity contribution in [3.8, 4) is 0 Å². The zero-order valence-corrected chi connectivity index (χ0v) is 9.29. The van der Waals surface area contributed by atoms with Crippen LogP contribution in [0.25, 0.3) is 0 Å². The van der Waals surface area contributed by atoms with Crippen LogP contribution < -0.4 is 0 Å². The van der Waals surface area contributed by atoms with E-state index in [-0.39, 0.29) is 5.41 Å². The highest BCUT2D eigenvalue weighted by atomic mass is 127. The van der Waals surface area contributed by atoms with Crippen LogP contribution in [0.5, 0.6) is 0 Å². The number of allylic oxidation sites excluding steroid dienone is 1. The molecule has 0 aromatic carbocycles. The van der Waals surface area contributed by atoms with Crippen molar-refractivity contribution >= 4 is 34.9 Å². The average Bonchev–Trinajstić information content (AvgIpc) is 1.87. The van der Waals surface area contributed by atoms with Crippen LogP contribution in [-0.4, -0.2) is 12.1 Å². The standard InChI is InChI=1S/C8H13IN2/c1-5-7(8(2,3)4)10-6-11-9/h5-6H,1H2,2-4H3. The monoisotopic (exact) mass is 264 g/mol. The highest BCUT2D eigenvalue weighted by Crippen LogP contribution is 2.16. The molecular formula is C8H13IN2. The Morgan fingerprint density at radius 3 is 2.27 bits per heavy atom. The van der Waals surface area contributed by atoms with Crippen LogP contribution in [0.3, 0.4) is 0 Å². The Morgan fingerprint density at radius 2 is 2.00 bits per heavy atom. The van der Waals surface area contributed by atoms with Crippen LogP contribution in [0.15, 0.2) is 20.9 Å². The summed E-state index contributed by atoms with van der Waals surface area (Å²) in [6.45, 7) is 9.96. The van der Waals surface area contributed by atoms with E-state index in [1.807, 2.05) is 22.9 Å². The molecule has 0 heterocycles. The maximum atomic E-state index is 4.13. The lowest BCUT2D eigenvalue weighted by atomic mass is 9.90. The first kappa shape index (κ1) is 10.8. The predicted octanol–water partition coefficient (Wildman–Crippen LogP) is 3.04. The largest absolute Gasteiger partial charge is 0.240 e. The summed E-state index contributed by atoms with van der Waals surface area (Å²) in [4.78, 5) is 4.13. The molecule has 0 fully saturated rings. The summed E-state index contributed by atoms with van der Waals surface area (Å²) in [6, 6.07) is 0. The van der Waals surface area contributed by atoms with Gasteiger partial charge in [-0.2, -0.15) is 0 Å². The highest BCUT2D eigenvalue weighted by molar-refractivity contribution is 14.1. The third-order valence-electron chi connectivity index (χ3n) is 1.20. The first-order chi connectivity index (χ1) is 5.02. The van der Waals surface area contributed by atoms with Gasteiger partial charge in [0.2, 0.25) is 0 Å². The molecular weight excluding hydrogens is 251 g/mol. The molecule has 11 heavy (non-hydrogen) atoms. The van der Waals surface area contributed by atoms with Gasteiger partial charge in [0.05, 0.1) is 22.9 Å². The summed E-state index contributed by atoms with van der Waals surface area (Å²) < 4.78 is 3.75. The van der Waals surface area contributed by atoms with Crippen molar-refractivity contribution in [2.75, 3.05) is 0 Å². The van der Waals surface area contributed by atoms with E-state index in [1.165, 1.54) is 6.34 Å². The first-order valence-electron chi connectivity index (χ1n) is 3.36. The summed E-state index contributed by atoms with van der Waals surface area (Å²) >= 11 is 1.89. The van der Waals surface area contributed by atoms with Gasteiger partial charge in [-0.1, -0.05) is 27.4 Å². The molecule has 0 amide bonds. The Hall–Kier alpha value is -0.190. The van der Waals surface area contributed by atoms with Crippen LogP contribution in [0.1, 0.15) is 20.8 Å². The van der Waals surface area contributed by atoms with Crippen molar-refractivity contribution in [1.82, 2.24) is 0 Å². The second-order valence-corrected chi connectivity index (χ2v) is 3.74. The van der Waals surface area contributed by atoms with Gasteiger partial charge >= 0.3 is 0 Å². The van der Waals surface area contributed by atoms with Crippen LogP contribution >= 0.6 is 22.9 Å². The lowest BCUT2D eigenvalue weighted by Crippen LogP contribution is -2.17. The maximum Gasteiger partial charge on any atom is 0.122 e. The van der Waals surface area contributed by atoms with Crippen molar-refractivity contribution < 1.29 is 0 Å². The minimum Gasteiger partial charge on any atom is -0.240 e. The lowest BCUT2D eigenvalue weighted by molar-refractivity contribution is 0.595. The van der Waals surface area contributed by atoms with Gasteiger partial charge in [0.25, 0.3) is 0 Å². The molecule has 0 radical (unpaired) electrons. The third-order valence-corrected chi connectivity index (χ3v) is 1.45. The molecule has 3 heteroatoms. The molecule has 0 spiro atoms. The fraction of sp³-hybridized carbons (Fsp3) is 0.500. The van der Waals surface area contributed by atoms with Crippen molar-refractivity contribution in [3.05, 3.63) is 12.7 Å². The maximum absolute atomic E-state index is 4.13. The number of halogens is 1. The Kier molecular flexibility index (Phi) is 4.56. The second-order valence-electron chi connectivity index (χ2n) is 3.18. The fourth-order valence-corrected chi connectivity index (χ4v) is 0.761. The molecule has 0 rings (SSSR count). The predicted molar refractivity (Wildman–Crippen MR) is 59.6 cm³/mol. The summed E-state index contributed by atoms with van der Waals surface area (Å²) in [5, 5.41) is 0. The number of hydrogen-bond acceptors (Lipinski definition) is 1. The number of nitrogens with zero attached hydrogens (tertiary/aromatic N) is 2. The number of hydrogen-bond donors (Lipinski definition) is 0. The minimum atomic E-state index is 0.0551. The normalized spacial score (nSPS) is 14.0. The zero-order chi connectivity index (χ0) is 8.91. The topological polar surface area (TPSA) is 24.7 Å². The molecule has 0 aliphatic rings. The fourth-order valence-electron chi connectivity index (χ4n) is 0.637. The van der Waals surface area contributed by atoms with E-state index in [9.17, 15) is 0 Å². The molecule has 0 aromatic heterocycles. The molecule has 0 bridgehead atoms. The summed E-state index contributed by atoms with van der Waals surface area (Å²) in [5.74, 6) is 0. The molecule has 0 saturated heterocycles. The minimum absolute atomic E-state index is 0.0551. The van der Waals surface area contributed by atoms with Gasteiger partial charge in [-0.25, -0.2) is 8.20 Å². The van der Waals surface area contributed by atoms with E-state index >= 15 is 0 Å². The molecule has 0 aliphatic carbocycles. The Balaban J connectivity index is 4.53. The summed E-state index contributed by atoms with van der Waals surface area (Å²) in [6.07, 6.45) is 3.29. The molecule has 0 atom stereocenters. The van der Waals surface area contributed by atoms with Gasteiger partial charge in [-0.15, -0.1) is 0 Å². The molecule has 2 nitrogen and oxygen atoms in total. The Bertz CT molecular complexity index is 187. The van der Waals surface area contributed by atoms with Crippen molar-refractivity contribution in [1.29, 1.82) is 0 Å². The van der Waals surface area contributed by atoms with Crippen LogP contribution in [0.4, 0.5) is 0 Å². The molecule has 0 aromatic rings. The molecule has 0 aliphatic heterocycles. The SMILES string of the molecule is C=CC(=NC=NI)C(C)(C)C. The van der Waals surface area contributed by atoms with E-state index in [4.69, 9.17) is 0 Å². The number of rotatable bonds is 2.